The molecule has 6 heteroatoms. The molecule has 0 amide bonds. The lowest BCUT2D eigenvalue weighted by Crippen LogP contribution is -2.43. The van der Waals surface area contributed by atoms with Crippen LogP contribution in [0.2, 0.25) is 0 Å². The molecule has 0 atom stereocenters. The first-order valence-electron chi connectivity index (χ1n) is 6.22. The maximum Gasteiger partial charge on any atom is 0.295 e. The highest BCUT2D eigenvalue weighted by Gasteiger charge is 2.35. The molecule has 2 aliphatic rings. The van der Waals surface area contributed by atoms with Gasteiger partial charge in [0.1, 0.15) is 11.6 Å². The van der Waals surface area contributed by atoms with Crippen LogP contribution in [0.25, 0.3) is 0 Å². The van der Waals surface area contributed by atoms with Crippen LogP contribution < -0.4 is 4.90 Å². The first kappa shape index (κ1) is 12.3. The molecule has 2 heterocycles. The molecule has 1 aromatic rings. The number of aryl methyl sites for hydroxylation is 1. The minimum Gasteiger partial charge on any atom is -0.343 e. The first-order chi connectivity index (χ1) is 9.15. The summed E-state index contributed by atoms with van der Waals surface area (Å²) in [5, 5.41) is 12.1. The molecule has 0 unspecified atom stereocenters. The lowest BCUT2D eigenvalue weighted by Gasteiger charge is -2.34. The van der Waals surface area contributed by atoms with Gasteiger partial charge in [0.25, 0.3) is 5.70 Å². The zero-order valence-electron chi connectivity index (χ0n) is 10.7. The summed E-state index contributed by atoms with van der Waals surface area (Å²) in [4.78, 5) is 15.1. The number of hydrogen-bond donors (Lipinski definition) is 0. The summed E-state index contributed by atoms with van der Waals surface area (Å²) in [6.45, 7) is 4.05. The van der Waals surface area contributed by atoms with Gasteiger partial charge in [-0.2, -0.15) is 0 Å². The molecular formula is C13H15N3O2S. The zero-order chi connectivity index (χ0) is 13.4. The van der Waals surface area contributed by atoms with Crippen molar-refractivity contribution >= 4 is 17.4 Å². The van der Waals surface area contributed by atoms with E-state index in [1.807, 2.05) is 31.2 Å². The molecule has 0 bridgehead atoms. The third-order valence-electron chi connectivity index (χ3n) is 3.44. The van der Waals surface area contributed by atoms with E-state index in [1.165, 1.54) is 5.56 Å². The Balaban J connectivity index is 1.91. The van der Waals surface area contributed by atoms with E-state index in [2.05, 4.69) is 9.80 Å². The van der Waals surface area contributed by atoms with E-state index in [-0.39, 0.29) is 4.92 Å². The Kier molecular flexibility index (Phi) is 3.10. The van der Waals surface area contributed by atoms with Crippen molar-refractivity contribution in [3.63, 3.8) is 0 Å². The van der Waals surface area contributed by atoms with Crippen molar-refractivity contribution in [2.24, 2.45) is 0 Å². The van der Waals surface area contributed by atoms with Gasteiger partial charge in [-0.15, -0.1) is 11.8 Å². The van der Waals surface area contributed by atoms with Gasteiger partial charge < -0.3 is 9.80 Å². The van der Waals surface area contributed by atoms with Crippen molar-refractivity contribution < 1.29 is 4.92 Å². The van der Waals surface area contributed by atoms with E-state index in [4.69, 9.17) is 0 Å². The second-order valence-electron chi connectivity index (χ2n) is 4.80. The second kappa shape index (κ2) is 4.77. The molecule has 0 aromatic heterocycles. The highest BCUT2D eigenvalue weighted by Crippen LogP contribution is 2.35. The fourth-order valence-corrected chi connectivity index (χ4v) is 3.56. The maximum atomic E-state index is 11.2. The summed E-state index contributed by atoms with van der Waals surface area (Å²) in [7, 11) is 0. The van der Waals surface area contributed by atoms with E-state index in [9.17, 15) is 10.1 Å². The fraction of sp³-hybridized carbons (Fsp3) is 0.385. The summed E-state index contributed by atoms with van der Waals surface area (Å²) in [5.41, 5.74) is 2.57. The number of benzene rings is 1. The predicted molar refractivity (Wildman–Crippen MR) is 76.6 cm³/mol. The topological polar surface area (TPSA) is 49.6 Å². The highest BCUT2D eigenvalue weighted by atomic mass is 32.2. The summed E-state index contributed by atoms with van der Waals surface area (Å²) in [6.07, 6.45) is 0. The molecule has 0 radical (unpaired) electrons. The van der Waals surface area contributed by atoms with Crippen molar-refractivity contribution in [2.45, 2.75) is 6.92 Å². The number of rotatable bonds is 2. The van der Waals surface area contributed by atoms with Crippen molar-refractivity contribution in [3.05, 3.63) is 50.7 Å². The van der Waals surface area contributed by atoms with Gasteiger partial charge in [0.2, 0.25) is 0 Å². The number of nitrogens with zero attached hydrogens (tertiary/aromatic N) is 3. The minimum atomic E-state index is -0.235. The number of hydrogen-bond acceptors (Lipinski definition) is 5. The molecule has 0 spiro atoms. The molecule has 0 saturated carbocycles. The molecule has 0 aliphatic carbocycles. The van der Waals surface area contributed by atoms with Gasteiger partial charge in [0, 0.05) is 18.0 Å². The lowest BCUT2D eigenvalue weighted by molar-refractivity contribution is -0.427. The number of thioether (sulfide) groups is 1. The summed E-state index contributed by atoms with van der Waals surface area (Å²) in [5.74, 6) is 0.939. The van der Waals surface area contributed by atoms with Crippen molar-refractivity contribution in [2.75, 3.05) is 30.4 Å². The third kappa shape index (κ3) is 2.28. The number of nitro groups is 1. The molecule has 0 N–H and O–H groups in total. The molecule has 1 aromatic carbocycles. The Bertz CT molecular complexity index is 541. The van der Waals surface area contributed by atoms with Gasteiger partial charge in [-0.25, -0.2) is 0 Å². The molecule has 1 fully saturated rings. The van der Waals surface area contributed by atoms with E-state index < -0.39 is 0 Å². The maximum absolute atomic E-state index is 11.2. The van der Waals surface area contributed by atoms with Gasteiger partial charge >= 0.3 is 0 Å². The minimum absolute atomic E-state index is 0.235. The zero-order valence-corrected chi connectivity index (χ0v) is 11.5. The Morgan fingerprint density at radius 1 is 1.26 bits per heavy atom. The number of fused-ring (bicyclic) bond motifs is 1. The molecular weight excluding hydrogens is 262 g/mol. The number of anilines is 1. The second-order valence-corrected chi connectivity index (χ2v) is 5.88. The standard InChI is InChI=1S/C13H15N3O2S/c1-10-2-4-11(5-3-10)15-8-12(16(17)18)13-14(9-15)6-7-19-13/h2-5H,6-9H2,1H3. The van der Waals surface area contributed by atoms with E-state index in [0.717, 1.165) is 29.7 Å². The smallest absolute Gasteiger partial charge is 0.295 e. The van der Waals surface area contributed by atoms with Crippen LogP contribution in [0.1, 0.15) is 5.56 Å². The Labute approximate surface area is 116 Å². The Morgan fingerprint density at radius 3 is 2.68 bits per heavy atom. The quantitative estimate of drug-likeness (QED) is 0.613. The van der Waals surface area contributed by atoms with Crippen molar-refractivity contribution in [1.82, 2.24) is 4.90 Å². The largest absolute Gasteiger partial charge is 0.343 e. The molecule has 1 saturated heterocycles. The molecule has 3 rings (SSSR count). The molecule has 100 valence electrons. The van der Waals surface area contributed by atoms with Crippen molar-refractivity contribution in [3.8, 4) is 0 Å². The Morgan fingerprint density at radius 2 is 2.00 bits per heavy atom. The average molecular weight is 277 g/mol. The van der Waals surface area contributed by atoms with Crippen LogP contribution in [-0.2, 0) is 0 Å². The predicted octanol–water partition coefficient (Wildman–Crippen LogP) is 2.27. The van der Waals surface area contributed by atoms with Crippen LogP contribution in [0, 0.1) is 17.0 Å². The van der Waals surface area contributed by atoms with Gasteiger partial charge in [0.05, 0.1) is 11.6 Å². The molecule has 5 nitrogen and oxygen atoms in total. The summed E-state index contributed by atoms with van der Waals surface area (Å²) in [6, 6.07) is 8.14. The summed E-state index contributed by atoms with van der Waals surface area (Å²) >= 11 is 1.60. The van der Waals surface area contributed by atoms with E-state index in [1.54, 1.807) is 11.8 Å². The summed E-state index contributed by atoms with van der Waals surface area (Å²) < 4.78 is 0. The monoisotopic (exact) mass is 277 g/mol. The van der Waals surface area contributed by atoms with E-state index in [0.29, 0.717) is 12.2 Å². The Hall–Kier alpha value is -1.69. The average Bonchev–Trinajstić information content (AvgIpc) is 2.86. The van der Waals surface area contributed by atoms with Crippen LogP contribution >= 0.6 is 11.8 Å². The van der Waals surface area contributed by atoms with E-state index >= 15 is 0 Å². The van der Waals surface area contributed by atoms with Crippen LogP contribution in [0.15, 0.2) is 35.0 Å². The van der Waals surface area contributed by atoms with Crippen LogP contribution in [0.5, 0.6) is 0 Å². The van der Waals surface area contributed by atoms with Gasteiger partial charge in [0.15, 0.2) is 0 Å². The van der Waals surface area contributed by atoms with Gasteiger partial charge in [-0.3, -0.25) is 10.1 Å². The first-order valence-corrected chi connectivity index (χ1v) is 7.20. The van der Waals surface area contributed by atoms with Crippen molar-refractivity contribution in [1.29, 1.82) is 0 Å². The highest BCUT2D eigenvalue weighted by molar-refractivity contribution is 8.03. The lowest BCUT2D eigenvalue weighted by atomic mass is 10.2. The van der Waals surface area contributed by atoms with Crippen LogP contribution in [0.3, 0.4) is 0 Å². The van der Waals surface area contributed by atoms with Gasteiger partial charge in [-0.05, 0) is 19.1 Å². The SMILES string of the molecule is Cc1ccc(N2CC([N+](=O)[O-])=C3SCCN3C2)cc1. The van der Waals surface area contributed by atoms with Crippen LogP contribution in [-0.4, -0.2) is 35.3 Å². The fourth-order valence-electron chi connectivity index (χ4n) is 2.41. The normalized spacial score (nSPS) is 18.8. The molecule has 2 aliphatic heterocycles. The molecule has 19 heavy (non-hydrogen) atoms. The third-order valence-corrected chi connectivity index (χ3v) is 4.59. The van der Waals surface area contributed by atoms with Crippen LogP contribution in [0.4, 0.5) is 5.69 Å². The van der Waals surface area contributed by atoms with Gasteiger partial charge in [-0.1, -0.05) is 17.7 Å².